The third-order valence-corrected chi connectivity index (χ3v) is 7.28. The Morgan fingerprint density at radius 2 is 1.82 bits per heavy atom. The van der Waals surface area contributed by atoms with Gasteiger partial charge in [-0.25, -0.2) is 9.37 Å². The summed E-state index contributed by atoms with van der Waals surface area (Å²) in [7, 11) is 0. The third-order valence-electron chi connectivity index (χ3n) is 7.28. The Bertz CT molecular complexity index is 1770. The predicted octanol–water partition coefficient (Wildman–Crippen LogP) is 5.84. The normalized spacial score (nSPS) is 14.0. The van der Waals surface area contributed by atoms with Crippen LogP contribution in [-0.2, 0) is 0 Å². The Morgan fingerprint density at radius 1 is 0.897 bits per heavy atom. The van der Waals surface area contributed by atoms with E-state index in [9.17, 15) is 4.39 Å². The molecule has 0 atom stereocenters. The van der Waals surface area contributed by atoms with Gasteiger partial charge in [-0.15, -0.1) is 0 Å². The van der Waals surface area contributed by atoms with Gasteiger partial charge in [0.15, 0.2) is 5.65 Å². The van der Waals surface area contributed by atoms with Crippen LogP contribution in [0.3, 0.4) is 0 Å². The van der Waals surface area contributed by atoms with Gasteiger partial charge >= 0.3 is 0 Å². The first-order valence-electron chi connectivity index (χ1n) is 13.1. The van der Waals surface area contributed by atoms with Crippen LogP contribution in [0.2, 0.25) is 0 Å². The van der Waals surface area contributed by atoms with Gasteiger partial charge in [0.05, 0.1) is 23.1 Å². The van der Waals surface area contributed by atoms with Crippen molar-refractivity contribution in [3.8, 4) is 39.4 Å². The van der Waals surface area contributed by atoms with Crippen molar-refractivity contribution in [3.05, 3.63) is 79.3 Å². The lowest BCUT2D eigenvalue weighted by Gasteiger charge is -2.15. The highest BCUT2D eigenvalue weighted by molar-refractivity contribution is 6.00. The molecular weight excluding hydrogens is 493 g/mol. The summed E-state index contributed by atoms with van der Waals surface area (Å²) in [6.45, 7) is 3.59. The van der Waals surface area contributed by atoms with Crippen LogP contribution in [-0.4, -0.2) is 61.3 Å². The summed E-state index contributed by atoms with van der Waals surface area (Å²) in [4.78, 5) is 19.0. The number of nitrogens with zero attached hydrogens (tertiary/aromatic N) is 5. The van der Waals surface area contributed by atoms with E-state index in [-0.39, 0.29) is 5.82 Å². The average Bonchev–Trinajstić information content (AvgIpc) is 3.72. The highest BCUT2D eigenvalue weighted by Crippen LogP contribution is 2.35. The highest BCUT2D eigenvalue weighted by Gasteiger charge is 2.16. The number of nitrogens with one attached hydrogen (secondary N) is 2. The zero-order valence-electron chi connectivity index (χ0n) is 21.2. The quantitative estimate of drug-likeness (QED) is 0.275. The number of halogens is 1. The standard InChI is InChI=1S/C30H26FN7O/c31-22-10-20(11-23(13-22)39-9-8-38-6-1-2-7-38)26-17-33-18-28-24(26)14-27(35-28)29-25-12-21(16-34-30(25)37-36-29)19-4-3-5-32-15-19/h3-5,10-18,35H,1-2,6-9H2,(H,34,36,37). The van der Waals surface area contributed by atoms with E-state index in [4.69, 9.17) is 4.74 Å². The van der Waals surface area contributed by atoms with Crippen molar-refractivity contribution in [2.24, 2.45) is 0 Å². The number of aromatic amines is 2. The number of likely N-dealkylation sites (tertiary alicyclic amines) is 1. The first-order valence-corrected chi connectivity index (χ1v) is 13.1. The summed E-state index contributed by atoms with van der Waals surface area (Å²) in [5.74, 6) is 0.176. The van der Waals surface area contributed by atoms with Crippen LogP contribution in [0.15, 0.2) is 73.4 Å². The molecule has 1 fully saturated rings. The molecule has 0 saturated carbocycles. The maximum Gasteiger partial charge on any atom is 0.181 e. The van der Waals surface area contributed by atoms with Crippen LogP contribution in [0.5, 0.6) is 5.75 Å². The van der Waals surface area contributed by atoms with Crippen LogP contribution in [0.4, 0.5) is 4.39 Å². The molecule has 1 aromatic carbocycles. The van der Waals surface area contributed by atoms with Gasteiger partial charge in [-0.2, -0.15) is 5.10 Å². The van der Waals surface area contributed by atoms with Crippen molar-refractivity contribution in [2.45, 2.75) is 12.8 Å². The Balaban J connectivity index is 1.23. The van der Waals surface area contributed by atoms with Gasteiger partial charge in [-0.3, -0.25) is 20.0 Å². The van der Waals surface area contributed by atoms with Crippen molar-refractivity contribution in [3.63, 3.8) is 0 Å². The van der Waals surface area contributed by atoms with Crippen LogP contribution in [0.1, 0.15) is 12.8 Å². The first-order chi connectivity index (χ1) is 19.2. The lowest BCUT2D eigenvalue weighted by Crippen LogP contribution is -2.25. The minimum atomic E-state index is -0.343. The van der Waals surface area contributed by atoms with Gasteiger partial charge < -0.3 is 9.72 Å². The summed E-state index contributed by atoms with van der Waals surface area (Å²) < 4.78 is 20.6. The number of hydrogen-bond donors (Lipinski definition) is 2. The molecule has 6 aromatic rings. The van der Waals surface area contributed by atoms with Crippen molar-refractivity contribution >= 4 is 21.9 Å². The Hall–Kier alpha value is -4.63. The fourth-order valence-electron chi connectivity index (χ4n) is 5.31. The van der Waals surface area contributed by atoms with Crippen molar-refractivity contribution < 1.29 is 9.13 Å². The molecule has 0 bridgehead atoms. The molecule has 6 heterocycles. The number of H-pyrrole nitrogens is 2. The molecule has 39 heavy (non-hydrogen) atoms. The molecule has 1 saturated heterocycles. The Labute approximate surface area is 223 Å². The summed E-state index contributed by atoms with van der Waals surface area (Å²) in [6.07, 6.45) is 11.4. The number of fused-ring (bicyclic) bond motifs is 2. The van der Waals surface area contributed by atoms with Crippen LogP contribution >= 0.6 is 0 Å². The van der Waals surface area contributed by atoms with Crippen LogP contribution in [0, 0.1) is 5.82 Å². The van der Waals surface area contributed by atoms with Gasteiger partial charge in [-0.05, 0) is 61.8 Å². The second-order valence-electron chi connectivity index (χ2n) is 9.84. The van der Waals surface area contributed by atoms with E-state index < -0.39 is 0 Å². The van der Waals surface area contributed by atoms with Crippen molar-refractivity contribution in [2.75, 3.05) is 26.2 Å². The van der Waals surface area contributed by atoms with E-state index in [1.807, 2.05) is 30.5 Å². The van der Waals surface area contributed by atoms with E-state index >= 15 is 0 Å². The molecule has 0 radical (unpaired) electrons. The molecule has 1 aliphatic heterocycles. The minimum absolute atomic E-state index is 0.343. The van der Waals surface area contributed by atoms with Crippen LogP contribution < -0.4 is 4.74 Å². The number of aromatic nitrogens is 6. The lowest BCUT2D eigenvalue weighted by molar-refractivity contribution is 0.237. The third kappa shape index (κ3) is 4.61. The first kappa shape index (κ1) is 23.5. The number of rotatable bonds is 7. The van der Waals surface area contributed by atoms with Crippen molar-refractivity contribution in [1.82, 2.24) is 35.0 Å². The molecule has 194 valence electrons. The summed E-state index contributed by atoms with van der Waals surface area (Å²) in [6, 6.07) is 12.8. The molecule has 9 heteroatoms. The second kappa shape index (κ2) is 9.92. The summed E-state index contributed by atoms with van der Waals surface area (Å²) in [5.41, 5.74) is 6.57. The molecule has 0 unspecified atom stereocenters. The smallest absolute Gasteiger partial charge is 0.181 e. The second-order valence-corrected chi connectivity index (χ2v) is 9.84. The van der Waals surface area contributed by atoms with E-state index in [1.165, 1.54) is 25.0 Å². The Kier molecular flexibility index (Phi) is 5.97. The topological polar surface area (TPSA) is 95.6 Å². The van der Waals surface area contributed by atoms with Gasteiger partial charge in [0.1, 0.15) is 18.2 Å². The monoisotopic (exact) mass is 519 g/mol. The number of pyridine rings is 3. The fraction of sp³-hybridized carbons (Fsp3) is 0.200. The average molecular weight is 520 g/mol. The number of benzene rings is 1. The number of hydrogen-bond acceptors (Lipinski definition) is 6. The molecule has 0 spiro atoms. The van der Waals surface area contributed by atoms with Crippen molar-refractivity contribution in [1.29, 1.82) is 0 Å². The zero-order chi connectivity index (χ0) is 26.2. The SMILES string of the molecule is Fc1cc(OCCN2CCCC2)cc(-c2cncc3[nH]c(-c4[nH]nc5ncc(-c6cccnc6)cc45)cc23)c1. The van der Waals surface area contributed by atoms with Gasteiger partial charge in [0.2, 0.25) is 0 Å². The molecule has 2 N–H and O–H groups in total. The zero-order valence-corrected chi connectivity index (χ0v) is 21.2. The molecule has 0 aliphatic carbocycles. The van der Waals surface area contributed by atoms with E-state index in [1.54, 1.807) is 24.8 Å². The van der Waals surface area contributed by atoms with E-state index in [2.05, 4.69) is 41.1 Å². The van der Waals surface area contributed by atoms with Gasteiger partial charge in [-0.1, -0.05) is 6.07 Å². The molecule has 7 rings (SSSR count). The Morgan fingerprint density at radius 3 is 2.69 bits per heavy atom. The molecule has 0 amide bonds. The maximum absolute atomic E-state index is 14.7. The van der Waals surface area contributed by atoms with Gasteiger partial charge in [0.25, 0.3) is 0 Å². The lowest BCUT2D eigenvalue weighted by atomic mass is 10.0. The minimum Gasteiger partial charge on any atom is -0.492 e. The molecule has 5 aromatic heterocycles. The fourth-order valence-corrected chi connectivity index (χ4v) is 5.31. The largest absolute Gasteiger partial charge is 0.492 e. The van der Waals surface area contributed by atoms with E-state index in [0.717, 1.165) is 64.0 Å². The highest BCUT2D eigenvalue weighted by atomic mass is 19.1. The maximum atomic E-state index is 14.7. The van der Waals surface area contributed by atoms with E-state index in [0.29, 0.717) is 23.6 Å². The molecule has 8 nitrogen and oxygen atoms in total. The number of ether oxygens (including phenoxy) is 1. The summed E-state index contributed by atoms with van der Waals surface area (Å²) in [5, 5.41) is 9.34. The predicted molar refractivity (Wildman–Crippen MR) is 149 cm³/mol. The van der Waals surface area contributed by atoms with Gasteiger partial charge in [0, 0.05) is 64.9 Å². The van der Waals surface area contributed by atoms with Crippen LogP contribution in [0.25, 0.3) is 55.6 Å². The molecular formula is C30H26FN7O. The molecule has 1 aliphatic rings. The summed E-state index contributed by atoms with van der Waals surface area (Å²) >= 11 is 0.